The van der Waals surface area contributed by atoms with E-state index >= 15 is 0 Å². The molecule has 4 rings (SSSR count). The number of carboxylic acids is 1. The highest BCUT2D eigenvalue weighted by Gasteiger charge is 2.12. The second-order valence-electron chi connectivity index (χ2n) is 5.45. The first-order chi connectivity index (χ1) is 12.6. The molecule has 0 spiro atoms. The summed E-state index contributed by atoms with van der Waals surface area (Å²) in [6, 6.07) is 8.93. The Balaban J connectivity index is 1.70. The van der Waals surface area contributed by atoms with Crippen molar-refractivity contribution in [3.8, 4) is 10.8 Å². The van der Waals surface area contributed by atoms with Crippen LogP contribution in [-0.2, 0) is 0 Å². The summed E-state index contributed by atoms with van der Waals surface area (Å²) in [7, 11) is 0. The molecule has 4 aromatic rings. The van der Waals surface area contributed by atoms with Gasteiger partial charge in [-0.3, -0.25) is 0 Å². The number of benzene rings is 1. The minimum Gasteiger partial charge on any atom is -0.478 e. The van der Waals surface area contributed by atoms with Gasteiger partial charge in [-0.15, -0.1) is 11.3 Å². The third kappa shape index (κ3) is 3.12. The summed E-state index contributed by atoms with van der Waals surface area (Å²) in [5.74, 6) is -0.875. The normalized spacial score (nSPS) is 11.4. The summed E-state index contributed by atoms with van der Waals surface area (Å²) in [6.07, 6.45) is 4.96. The van der Waals surface area contributed by atoms with E-state index in [0.717, 1.165) is 5.01 Å². The van der Waals surface area contributed by atoms with Gasteiger partial charge in [0.1, 0.15) is 5.82 Å². The van der Waals surface area contributed by atoms with Crippen molar-refractivity contribution < 1.29 is 18.7 Å². The largest absolute Gasteiger partial charge is 0.478 e. The summed E-state index contributed by atoms with van der Waals surface area (Å²) in [5.41, 5.74) is 1.47. The first kappa shape index (κ1) is 16.2. The van der Waals surface area contributed by atoms with Gasteiger partial charge in [0.25, 0.3) is 0 Å². The number of aromatic nitrogens is 2. The zero-order valence-electron chi connectivity index (χ0n) is 13.2. The molecule has 0 amide bonds. The predicted molar refractivity (Wildman–Crippen MR) is 97.4 cm³/mol. The number of pyridine rings is 1. The number of furan rings is 1. The molecule has 0 fully saturated rings. The van der Waals surface area contributed by atoms with Crippen molar-refractivity contribution >= 4 is 40.4 Å². The molecule has 1 N–H and O–H groups in total. The van der Waals surface area contributed by atoms with Crippen LogP contribution in [0.25, 0.3) is 33.8 Å². The van der Waals surface area contributed by atoms with Crippen molar-refractivity contribution in [2.45, 2.75) is 0 Å². The number of nitrogens with zero attached hydrogens (tertiary/aromatic N) is 2. The first-order valence-electron chi connectivity index (χ1n) is 7.61. The molecule has 3 heterocycles. The second kappa shape index (κ2) is 6.53. The zero-order chi connectivity index (χ0) is 18.1. The highest BCUT2D eigenvalue weighted by atomic mass is 32.1. The molecule has 0 saturated carbocycles. The van der Waals surface area contributed by atoms with Gasteiger partial charge in [-0.25, -0.2) is 19.2 Å². The van der Waals surface area contributed by atoms with E-state index in [9.17, 15) is 14.3 Å². The van der Waals surface area contributed by atoms with Gasteiger partial charge in [0.2, 0.25) is 0 Å². The molecule has 0 saturated heterocycles. The summed E-state index contributed by atoms with van der Waals surface area (Å²) in [4.78, 5) is 20.2. The van der Waals surface area contributed by atoms with E-state index in [0.29, 0.717) is 28.1 Å². The maximum atomic E-state index is 13.5. The number of aromatic carboxylic acids is 1. The lowest BCUT2D eigenvalue weighted by atomic mass is 10.1. The SMILES string of the molecule is O=C(O)c1cc(C=Cc2csc(-c3ccco3)n2)nc2cc(F)ccc12. The van der Waals surface area contributed by atoms with Crippen molar-refractivity contribution in [3.05, 3.63) is 70.8 Å². The molecule has 0 aliphatic heterocycles. The van der Waals surface area contributed by atoms with E-state index in [-0.39, 0.29) is 5.56 Å². The van der Waals surface area contributed by atoms with Crippen molar-refractivity contribution in [2.75, 3.05) is 0 Å². The van der Waals surface area contributed by atoms with Gasteiger partial charge in [0.05, 0.1) is 28.7 Å². The number of thiazole rings is 1. The smallest absolute Gasteiger partial charge is 0.336 e. The first-order valence-corrected chi connectivity index (χ1v) is 8.49. The molecule has 0 radical (unpaired) electrons. The maximum Gasteiger partial charge on any atom is 0.336 e. The fourth-order valence-corrected chi connectivity index (χ4v) is 3.29. The molecule has 0 unspecified atom stereocenters. The highest BCUT2D eigenvalue weighted by Crippen LogP contribution is 2.25. The van der Waals surface area contributed by atoms with Crippen LogP contribution in [0.2, 0.25) is 0 Å². The minimum atomic E-state index is -1.09. The minimum absolute atomic E-state index is 0.0733. The van der Waals surface area contributed by atoms with Crippen LogP contribution in [-0.4, -0.2) is 21.0 Å². The molecule has 7 heteroatoms. The third-order valence-electron chi connectivity index (χ3n) is 3.70. The van der Waals surface area contributed by atoms with Gasteiger partial charge in [-0.05, 0) is 42.5 Å². The van der Waals surface area contributed by atoms with E-state index in [1.165, 1.54) is 35.6 Å². The molecule has 3 aromatic heterocycles. The van der Waals surface area contributed by atoms with Gasteiger partial charge in [-0.2, -0.15) is 0 Å². The average Bonchev–Trinajstić information content (AvgIpc) is 3.30. The fraction of sp³-hybridized carbons (Fsp3) is 0. The van der Waals surface area contributed by atoms with Crippen molar-refractivity contribution in [1.29, 1.82) is 0 Å². The Bertz CT molecular complexity index is 1130. The van der Waals surface area contributed by atoms with Crippen LogP contribution in [0.3, 0.4) is 0 Å². The Kier molecular flexibility index (Phi) is 4.06. The van der Waals surface area contributed by atoms with Crippen molar-refractivity contribution in [1.82, 2.24) is 9.97 Å². The molecule has 0 bridgehead atoms. The summed E-state index contributed by atoms with van der Waals surface area (Å²) < 4.78 is 18.8. The molecule has 0 atom stereocenters. The molecule has 5 nitrogen and oxygen atoms in total. The van der Waals surface area contributed by atoms with Crippen LogP contribution in [0, 0.1) is 5.82 Å². The molecule has 0 aliphatic rings. The topological polar surface area (TPSA) is 76.2 Å². The van der Waals surface area contributed by atoms with Gasteiger partial charge >= 0.3 is 5.97 Å². The Morgan fingerprint density at radius 2 is 2.00 bits per heavy atom. The number of hydrogen-bond acceptors (Lipinski definition) is 5. The van der Waals surface area contributed by atoms with E-state index in [1.807, 2.05) is 11.4 Å². The third-order valence-corrected chi connectivity index (χ3v) is 4.58. The van der Waals surface area contributed by atoms with Gasteiger partial charge in [-0.1, -0.05) is 0 Å². The summed E-state index contributed by atoms with van der Waals surface area (Å²) in [6.45, 7) is 0. The number of fused-ring (bicyclic) bond motifs is 1. The molecule has 128 valence electrons. The second-order valence-corrected chi connectivity index (χ2v) is 6.31. The number of hydrogen-bond donors (Lipinski definition) is 1. The van der Waals surface area contributed by atoms with Crippen molar-refractivity contribution in [2.24, 2.45) is 0 Å². The standard InChI is InChI=1S/C19H11FN2O3S/c20-11-3-6-14-15(19(23)24)9-12(21-16(14)8-11)4-5-13-10-26-18(22-13)17-2-1-7-25-17/h1-10H,(H,23,24). The zero-order valence-corrected chi connectivity index (χ0v) is 14.0. The quantitative estimate of drug-likeness (QED) is 0.552. The Hall–Kier alpha value is -3.32. The lowest BCUT2D eigenvalue weighted by Crippen LogP contribution is -2.00. The van der Waals surface area contributed by atoms with E-state index < -0.39 is 11.8 Å². The monoisotopic (exact) mass is 366 g/mol. The maximum absolute atomic E-state index is 13.5. The predicted octanol–water partition coefficient (Wildman–Crippen LogP) is 4.96. The molecule has 1 aromatic carbocycles. The number of halogens is 1. The highest BCUT2D eigenvalue weighted by molar-refractivity contribution is 7.13. The van der Waals surface area contributed by atoms with Gasteiger partial charge < -0.3 is 9.52 Å². The number of carboxylic acid groups (broad SMARTS) is 1. The number of carbonyl (C=O) groups is 1. The molecule has 0 aliphatic carbocycles. The molecule has 26 heavy (non-hydrogen) atoms. The summed E-state index contributed by atoms with van der Waals surface area (Å²) >= 11 is 1.43. The molecular weight excluding hydrogens is 355 g/mol. The fourth-order valence-electron chi connectivity index (χ4n) is 2.53. The number of rotatable bonds is 4. The van der Waals surface area contributed by atoms with Crippen LogP contribution in [0.15, 0.2) is 52.5 Å². The Labute approximate surface area is 151 Å². The van der Waals surface area contributed by atoms with Crippen LogP contribution >= 0.6 is 11.3 Å². The Morgan fingerprint density at radius 3 is 2.77 bits per heavy atom. The van der Waals surface area contributed by atoms with Crippen LogP contribution < -0.4 is 0 Å². The van der Waals surface area contributed by atoms with Crippen molar-refractivity contribution in [3.63, 3.8) is 0 Å². The lowest BCUT2D eigenvalue weighted by molar-refractivity contribution is 0.0699. The van der Waals surface area contributed by atoms with Gasteiger partial charge in [0, 0.05) is 16.8 Å². The van der Waals surface area contributed by atoms with E-state index in [4.69, 9.17) is 4.42 Å². The Morgan fingerprint density at radius 1 is 1.15 bits per heavy atom. The van der Waals surface area contributed by atoms with Gasteiger partial charge in [0.15, 0.2) is 10.8 Å². The average molecular weight is 366 g/mol. The molecular formula is C19H11FN2O3S. The van der Waals surface area contributed by atoms with E-state index in [1.54, 1.807) is 24.5 Å². The van der Waals surface area contributed by atoms with Crippen LogP contribution in [0.4, 0.5) is 4.39 Å². The van der Waals surface area contributed by atoms with Crippen LogP contribution in [0.1, 0.15) is 21.7 Å². The summed E-state index contributed by atoms with van der Waals surface area (Å²) in [5, 5.41) is 12.4. The lowest BCUT2D eigenvalue weighted by Gasteiger charge is -2.04. The van der Waals surface area contributed by atoms with E-state index in [2.05, 4.69) is 9.97 Å². The van der Waals surface area contributed by atoms with Crippen LogP contribution in [0.5, 0.6) is 0 Å².